The zero-order chi connectivity index (χ0) is 14.6. The Balaban J connectivity index is 3.14. The van der Waals surface area contributed by atoms with Gasteiger partial charge in [-0.15, -0.1) is 0 Å². The first-order valence-electron chi connectivity index (χ1n) is 6.17. The Morgan fingerprint density at radius 1 is 1.37 bits per heavy atom. The SMILES string of the molecule is CN(C)CC(C)(C)Oc1c(CO)cccc1S(C)=O. The molecule has 0 spiro atoms. The third kappa shape index (κ3) is 4.60. The molecule has 1 aromatic carbocycles. The number of hydrogen-bond acceptors (Lipinski definition) is 4. The number of aliphatic hydroxyl groups excluding tert-OH is 1. The fraction of sp³-hybridized carbons (Fsp3) is 0.571. The van der Waals surface area contributed by atoms with Crippen molar-refractivity contribution < 1.29 is 14.1 Å². The molecule has 0 bridgehead atoms. The summed E-state index contributed by atoms with van der Waals surface area (Å²) >= 11 is 0. The number of aliphatic hydroxyl groups is 1. The molecule has 5 heteroatoms. The molecular formula is C14H23NO3S. The van der Waals surface area contributed by atoms with Crippen LogP contribution in [0.3, 0.4) is 0 Å². The van der Waals surface area contributed by atoms with Crippen molar-refractivity contribution in [3.63, 3.8) is 0 Å². The normalized spacial score (nSPS) is 13.6. The quantitative estimate of drug-likeness (QED) is 0.863. The zero-order valence-corrected chi connectivity index (χ0v) is 13.1. The topological polar surface area (TPSA) is 49.8 Å². The van der Waals surface area contributed by atoms with Crippen LogP contribution in [0.1, 0.15) is 19.4 Å². The third-order valence-corrected chi connectivity index (χ3v) is 3.56. The average molecular weight is 285 g/mol. The fourth-order valence-corrected chi connectivity index (χ4v) is 2.80. The van der Waals surface area contributed by atoms with Gasteiger partial charge in [-0.05, 0) is 34.0 Å². The van der Waals surface area contributed by atoms with E-state index in [2.05, 4.69) is 0 Å². The number of likely N-dealkylation sites (N-methyl/N-ethyl adjacent to an activating group) is 1. The second kappa shape index (κ2) is 6.50. The molecule has 0 fully saturated rings. The predicted molar refractivity (Wildman–Crippen MR) is 78.0 cm³/mol. The standard InChI is InChI=1S/C14H23NO3S/c1-14(2,10-15(3)4)18-13-11(9-16)7-6-8-12(13)19(5)17/h6-8,16H,9-10H2,1-5H3. The van der Waals surface area contributed by atoms with Crippen molar-refractivity contribution in [1.29, 1.82) is 0 Å². The Hall–Kier alpha value is -0.910. The van der Waals surface area contributed by atoms with E-state index < -0.39 is 16.4 Å². The van der Waals surface area contributed by atoms with Gasteiger partial charge in [-0.1, -0.05) is 12.1 Å². The lowest BCUT2D eigenvalue weighted by Gasteiger charge is -2.31. The first-order valence-corrected chi connectivity index (χ1v) is 7.72. The van der Waals surface area contributed by atoms with E-state index in [1.807, 2.05) is 32.8 Å². The summed E-state index contributed by atoms with van der Waals surface area (Å²) in [6, 6.07) is 5.35. The van der Waals surface area contributed by atoms with Crippen LogP contribution in [0, 0.1) is 0 Å². The van der Waals surface area contributed by atoms with Crippen molar-refractivity contribution in [2.45, 2.75) is 31.0 Å². The lowest BCUT2D eigenvalue weighted by molar-refractivity contribution is 0.0716. The summed E-state index contributed by atoms with van der Waals surface area (Å²) in [6.45, 7) is 4.55. The Morgan fingerprint density at radius 2 is 2.00 bits per heavy atom. The van der Waals surface area contributed by atoms with Gasteiger partial charge in [-0.2, -0.15) is 0 Å². The summed E-state index contributed by atoms with van der Waals surface area (Å²) in [5.41, 5.74) is 0.239. The smallest absolute Gasteiger partial charge is 0.141 e. The molecule has 108 valence electrons. The highest BCUT2D eigenvalue weighted by Gasteiger charge is 2.24. The minimum atomic E-state index is -1.15. The predicted octanol–water partition coefficient (Wildman–Crippen LogP) is 1.64. The van der Waals surface area contributed by atoms with Crippen molar-refractivity contribution in [1.82, 2.24) is 4.90 Å². The number of benzene rings is 1. The van der Waals surface area contributed by atoms with Gasteiger partial charge in [0, 0.05) is 18.4 Å². The van der Waals surface area contributed by atoms with Gasteiger partial charge in [-0.25, -0.2) is 0 Å². The number of nitrogens with zero attached hydrogens (tertiary/aromatic N) is 1. The van der Waals surface area contributed by atoms with Crippen LogP contribution < -0.4 is 4.74 Å². The summed E-state index contributed by atoms with van der Waals surface area (Å²) in [6.07, 6.45) is 1.61. The number of para-hydroxylation sites is 1. The summed E-state index contributed by atoms with van der Waals surface area (Å²) in [5.74, 6) is 0.540. The molecule has 1 N–H and O–H groups in total. The Morgan fingerprint density at radius 3 is 2.47 bits per heavy atom. The first-order chi connectivity index (χ1) is 8.76. The van der Waals surface area contributed by atoms with Crippen LogP contribution in [0.4, 0.5) is 0 Å². The molecule has 0 aliphatic carbocycles. The van der Waals surface area contributed by atoms with Gasteiger partial charge in [0.1, 0.15) is 11.4 Å². The summed E-state index contributed by atoms with van der Waals surface area (Å²) in [7, 11) is 2.80. The van der Waals surface area contributed by atoms with Crippen LogP contribution in [0.25, 0.3) is 0 Å². The Bertz CT molecular complexity index is 458. The molecule has 0 saturated carbocycles. The van der Waals surface area contributed by atoms with Crippen molar-refractivity contribution >= 4 is 10.8 Å². The largest absolute Gasteiger partial charge is 0.485 e. The van der Waals surface area contributed by atoms with E-state index in [4.69, 9.17) is 4.74 Å². The van der Waals surface area contributed by atoms with Gasteiger partial charge in [0.2, 0.25) is 0 Å². The van der Waals surface area contributed by atoms with Crippen molar-refractivity contribution in [3.8, 4) is 5.75 Å². The van der Waals surface area contributed by atoms with Crippen molar-refractivity contribution in [2.75, 3.05) is 26.9 Å². The molecule has 0 aliphatic heterocycles. The van der Waals surface area contributed by atoms with E-state index in [0.717, 1.165) is 6.54 Å². The molecule has 0 saturated heterocycles. The first kappa shape index (κ1) is 16.1. The van der Waals surface area contributed by atoms with Crippen LogP contribution in [-0.2, 0) is 17.4 Å². The van der Waals surface area contributed by atoms with Gasteiger partial charge in [0.15, 0.2) is 0 Å². The Labute approximate surface area is 117 Å². The highest BCUT2D eigenvalue weighted by molar-refractivity contribution is 7.84. The molecule has 1 rings (SSSR count). The summed E-state index contributed by atoms with van der Waals surface area (Å²) in [5, 5.41) is 9.41. The summed E-state index contributed by atoms with van der Waals surface area (Å²) in [4.78, 5) is 2.66. The highest BCUT2D eigenvalue weighted by Crippen LogP contribution is 2.30. The van der Waals surface area contributed by atoms with Gasteiger partial charge in [0.05, 0.1) is 22.3 Å². The fourth-order valence-electron chi connectivity index (χ4n) is 2.10. The minimum Gasteiger partial charge on any atom is -0.485 e. The number of ether oxygens (including phenoxy) is 1. The summed E-state index contributed by atoms with van der Waals surface area (Å²) < 4.78 is 17.8. The maximum atomic E-state index is 11.8. The lowest BCUT2D eigenvalue weighted by Crippen LogP contribution is -2.40. The van der Waals surface area contributed by atoms with Gasteiger partial charge in [-0.3, -0.25) is 4.21 Å². The maximum Gasteiger partial charge on any atom is 0.141 e. The lowest BCUT2D eigenvalue weighted by atomic mass is 10.1. The van der Waals surface area contributed by atoms with Gasteiger partial charge in [0.25, 0.3) is 0 Å². The van der Waals surface area contributed by atoms with Crippen molar-refractivity contribution in [3.05, 3.63) is 23.8 Å². The average Bonchev–Trinajstić information content (AvgIpc) is 2.26. The van der Waals surface area contributed by atoms with Gasteiger partial charge < -0.3 is 14.7 Å². The highest BCUT2D eigenvalue weighted by atomic mass is 32.2. The molecule has 0 heterocycles. The van der Waals surface area contributed by atoms with Crippen LogP contribution in [0.2, 0.25) is 0 Å². The molecule has 0 aromatic heterocycles. The molecular weight excluding hydrogens is 262 g/mol. The molecule has 4 nitrogen and oxygen atoms in total. The Kier molecular flexibility index (Phi) is 5.52. The molecule has 1 unspecified atom stereocenters. The van der Waals surface area contributed by atoms with E-state index in [1.165, 1.54) is 0 Å². The van der Waals surface area contributed by atoms with Crippen LogP contribution in [0.15, 0.2) is 23.1 Å². The number of hydrogen-bond donors (Lipinski definition) is 1. The van der Waals surface area contributed by atoms with Gasteiger partial charge >= 0.3 is 0 Å². The monoisotopic (exact) mass is 285 g/mol. The molecule has 0 radical (unpaired) electrons. The van der Waals surface area contributed by atoms with Crippen LogP contribution >= 0.6 is 0 Å². The van der Waals surface area contributed by atoms with E-state index in [-0.39, 0.29) is 6.61 Å². The van der Waals surface area contributed by atoms with Crippen molar-refractivity contribution in [2.24, 2.45) is 0 Å². The van der Waals surface area contributed by atoms with Crippen LogP contribution in [0.5, 0.6) is 5.75 Å². The van der Waals surface area contributed by atoms with E-state index >= 15 is 0 Å². The molecule has 0 aliphatic rings. The van der Waals surface area contributed by atoms with Crippen LogP contribution in [-0.4, -0.2) is 46.7 Å². The second-order valence-electron chi connectivity index (χ2n) is 5.46. The molecule has 1 atom stereocenters. The third-order valence-electron chi connectivity index (χ3n) is 2.62. The minimum absolute atomic E-state index is 0.127. The maximum absolute atomic E-state index is 11.8. The molecule has 0 amide bonds. The molecule has 1 aromatic rings. The van der Waals surface area contributed by atoms with E-state index in [1.54, 1.807) is 24.5 Å². The number of rotatable bonds is 6. The van der Waals surface area contributed by atoms with E-state index in [9.17, 15) is 9.32 Å². The molecule has 19 heavy (non-hydrogen) atoms. The van der Waals surface area contributed by atoms with E-state index in [0.29, 0.717) is 16.2 Å². The second-order valence-corrected chi connectivity index (χ2v) is 6.80. The zero-order valence-electron chi connectivity index (χ0n) is 12.3.